The molecule has 0 radical (unpaired) electrons. The lowest BCUT2D eigenvalue weighted by Gasteiger charge is -2.13. The van der Waals surface area contributed by atoms with Gasteiger partial charge in [-0.1, -0.05) is 24.3 Å². The van der Waals surface area contributed by atoms with Crippen LogP contribution in [0.2, 0.25) is 0 Å². The van der Waals surface area contributed by atoms with E-state index in [1.165, 1.54) is 59.4 Å². The van der Waals surface area contributed by atoms with Gasteiger partial charge in [-0.3, -0.25) is 31.1 Å². The van der Waals surface area contributed by atoms with Crippen molar-refractivity contribution in [2.24, 2.45) is 10.2 Å². The van der Waals surface area contributed by atoms with Gasteiger partial charge in [0.1, 0.15) is 11.5 Å². The number of methoxy groups -OCH3 is 2. The number of hydrazone groups is 2. The number of rotatable bonds is 12. The van der Waals surface area contributed by atoms with Crippen LogP contribution in [0.15, 0.2) is 81.6 Å². The van der Waals surface area contributed by atoms with Crippen LogP contribution in [0.3, 0.4) is 0 Å². The van der Waals surface area contributed by atoms with Crippen LogP contribution in [-0.4, -0.2) is 46.5 Å². The third-order valence-electron chi connectivity index (χ3n) is 5.99. The average molecular weight is 631 g/mol. The van der Waals surface area contributed by atoms with E-state index < -0.39 is 9.85 Å². The van der Waals surface area contributed by atoms with Crippen LogP contribution >= 0.6 is 22.7 Å². The fourth-order valence-electron chi connectivity index (χ4n) is 3.96. The maximum Gasteiger partial charge on any atom is 0.270 e. The number of hydrogen-bond acceptors (Lipinski definition) is 14. The lowest BCUT2D eigenvalue weighted by molar-refractivity contribution is -0.385. The second kappa shape index (κ2) is 13.5. The van der Waals surface area contributed by atoms with Crippen molar-refractivity contribution in [1.29, 1.82) is 0 Å². The number of nitrogens with zero attached hydrogens (tertiary/aromatic N) is 6. The number of aromatic nitrogens is 2. The van der Waals surface area contributed by atoms with Gasteiger partial charge in [0.25, 0.3) is 11.4 Å². The maximum absolute atomic E-state index is 11.0. The first-order chi connectivity index (χ1) is 21.3. The number of ether oxygens (including phenoxy) is 2. The molecule has 0 bridgehead atoms. The highest BCUT2D eigenvalue weighted by Crippen LogP contribution is 2.42. The lowest BCUT2D eigenvalue weighted by atomic mass is 10.0. The Balaban J connectivity index is 1.34. The molecule has 14 nitrogen and oxygen atoms in total. The van der Waals surface area contributed by atoms with E-state index in [1.807, 2.05) is 16.8 Å². The Kier molecular flexibility index (Phi) is 9.12. The van der Waals surface area contributed by atoms with Crippen molar-refractivity contribution in [1.82, 2.24) is 9.97 Å². The van der Waals surface area contributed by atoms with Crippen molar-refractivity contribution < 1.29 is 19.3 Å². The first kappa shape index (κ1) is 29.7. The molecule has 2 heterocycles. The Labute approximate surface area is 257 Å². The number of non-ortho nitro benzene ring substituents is 2. The quantitative estimate of drug-likeness (QED) is 0.0860. The minimum atomic E-state index is -0.464. The van der Waals surface area contributed by atoms with Gasteiger partial charge in [-0.25, -0.2) is 9.97 Å². The highest BCUT2D eigenvalue weighted by molar-refractivity contribution is 7.14. The highest BCUT2D eigenvalue weighted by atomic mass is 32.1. The van der Waals surface area contributed by atoms with Crippen molar-refractivity contribution >= 4 is 56.7 Å². The van der Waals surface area contributed by atoms with Crippen LogP contribution in [0, 0.1) is 20.2 Å². The summed E-state index contributed by atoms with van der Waals surface area (Å²) < 4.78 is 11.2. The molecule has 0 saturated carbocycles. The molecule has 5 aromatic rings. The van der Waals surface area contributed by atoms with Gasteiger partial charge in [0.2, 0.25) is 10.3 Å². The summed E-state index contributed by atoms with van der Waals surface area (Å²) in [7, 11) is 3.11. The summed E-state index contributed by atoms with van der Waals surface area (Å²) in [5.41, 5.74) is 9.44. The maximum atomic E-state index is 11.0. The fourth-order valence-corrected chi connectivity index (χ4v) is 5.28. The molecule has 44 heavy (non-hydrogen) atoms. The summed E-state index contributed by atoms with van der Waals surface area (Å²) in [4.78, 5) is 30.3. The number of nitrogens with one attached hydrogen (secondary N) is 2. The van der Waals surface area contributed by atoms with E-state index in [0.717, 1.165) is 0 Å². The molecule has 2 N–H and O–H groups in total. The normalized spacial score (nSPS) is 11.1. The van der Waals surface area contributed by atoms with E-state index in [1.54, 1.807) is 44.6 Å². The lowest BCUT2D eigenvalue weighted by Crippen LogP contribution is -1.95. The van der Waals surface area contributed by atoms with Crippen molar-refractivity contribution in [3.8, 4) is 34.0 Å². The Morgan fingerprint density at radius 3 is 1.59 bits per heavy atom. The topological polar surface area (TPSA) is 179 Å². The van der Waals surface area contributed by atoms with Gasteiger partial charge in [0, 0.05) is 63.3 Å². The van der Waals surface area contributed by atoms with Crippen molar-refractivity contribution in [3.63, 3.8) is 0 Å². The standard InChI is InChI=1S/C28H22N8O6S2/c1-41-25-12-26(42-2)22(24-16-44-28(32-24)34-30-14-18-6-4-8-20(10-18)36(39)40)11-21(25)23-15-43-27(31-23)33-29-13-17-5-3-7-19(9-17)35(37)38/h3-16H,1-2H3,(H,31,33)(H,32,34). The Hall–Kier alpha value is -5.74. The van der Waals surface area contributed by atoms with Gasteiger partial charge in [0.15, 0.2) is 0 Å². The minimum Gasteiger partial charge on any atom is -0.496 e. The number of nitro groups is 2. The number of benzene rings is 3. The first-order valence-corrected chi connectivity index (χ1v) is 14.4. The molecule has 0 aliphatic rings. The van der Waals surface area contributed by atoms with Gasteiger partial charge in [0.05, 0.1) is 47.9 Å². The molecule has 0 unspecified atom stereocenters. The smallest absolute Gasteiger partial charge is 0.270 e. The first-order valence-electron chi connectivity index (χ1n) is 12.6. The van der Waals surface area contributed by atoms with E-state index >= 15 is 0 Å². The summed E-state index contributed by atoms with van der Waals surface area (Å²) in [6, 6.07) is 15.9. The molecular weight excluding hydrogens is 608 g/mol. The molecule has 222 valence electrons. The number of nitro benzene ring substituents is 2. The molecular formula is C28H22N8O6S2. The van der Waals surface area contributed by atoms with E-state index in [9.17, 15) is 20.2 Å². The van der Waals surface area contributed by atoms with Crippen LogP contribution in [0.25, 0.3) is 22.5 Å². The Morgan fingerprint density at radius 2 is 1.18 bits per heavy atom. The Bertz CT molecular complexity index is 1760. The zero-order valence-corrected chi connectivity index (χ0v) is 24.7. The van der Waals surface area contributed by atoms with Crippen molar-refractivity contribution in [3.05, 3.63) is 103 Å². The molecule has 0 atom stereocenters. The molecule has 0 spiro atoms. The van der Waals surface area contributed by atoms with E-state index in [4.69, 9.17) is 9.47 Å². The second-order valence-electron chi connectivity index (χ2n) is 8.77. The largest absolute Gasteiger partial charge is 0.496 e. The zero-order valence-electron chi connectivity index (χ0n) is 23.0. The molecule has 5 rings (SSSR count). The molecule has 16 heteroatoms. The average Bonchev–Trinajstić information content (AvgIpc) is 3.71. The minimum absolute atomic E-state index is 0.0240. The molecule has 0 aliphatic heterocycles. The van der Waals surface area contributed by atoms with E-state index in [2.05, 4.69) is 31.0 Å². The summed E-state index contributed by atoms with van der Waals surface area (Å²) >= 11 is 2.65. The third kappa shape index (κ3) is 7.00. The van der Waals surface area contributed by atoms with Crippen molar-refractivity contribution in [2.45, 2.75) is 0 Å². The van der Waals surface area contributed by atoms with Gasteiger partial charge in [-0.05, 0) is 6.07 Å². The van der Waals surface area contributed by atoms with Crippen LogP contribution in [-0.2, 0) is 0 Å². The van der Waals surface area contributed by atoms with Gasteiger partial charge < -0.3 is 9.47 Å². The van der Waals surface area contributed by atoms with Crippen molar-refractivity contribution in [2.75, 3.05) is 25.1 Å². The van der Waals surface area contributed by atoms with E-state index in [-0.39, 0.29) is 11.4 Å². The second-order valence-corrected chi connectivity index (χ2v) is 10.5. The van der Waals surface area contributed by atoms with Crippen LogP contribution in [0.5, 0.6) is 11.5 Å². The molecule has 0 aliphatic carbocycles. The van der Waals surface area contributed by atoms with Gasteiger partial charge >= 0.3 is 0 Å². The van der Waals surface area contributed by atoms with Gasteiger partial charge in [-0.15, -0.1) is 22.7 Å². The predicted molar refractivity (Wildman–Crippen MR) is 170 cm³/mol. The number of thiazole rings is 2. The third-order valence-corrected chi connectivity index (χ3v) is 7.49. The predicted octanol–water partition coefficient (Wildman–Crippen LogP) is 6.66. The molecule has 3 aromatic carbocycles. The highest BCUT2D eigenvalue weighted by Gasteiger charge is 2.18. The zero-order chi connectivity index (χ0) is 31.1. The summed E-state index contributed by atoms with van der Waals surface area (Å²) in [6.07, 6.45) is 2.95. The summed E-state index contributed by atoms with van der Waals surface area (Å²) in [5, 5.41) is 35.0. The number of anilines is 2. The molecule has 0 amide bonds. The van der Waals surface area contributed by atoms with E-state index in [0.29, 0.717) is 55.4 Å². The molecule has 2 aromatic heterocycles. The monoisotopic (exact) mass is 630 g/mol. The van der Waals surface area contributed by atoms with Crippen LogP contribution in [0.4, 0.5) is 21.6 Å². The van der Waals surface area contributed by atoms with Crippen LogP contribution < -0.4 is 20.3 Å². The SMILES string of the molecule is COc1cc(OC)c(-c2csc(NN=Cc3cccc([N+](=O)[O-])c3)n2)cc1-c1csc(NN=Cc2cccc([N+](=O)[O-])c2)n1. The number of hydrogen-bond donors (Lipinski definition) is 2. The van der Waals surface area contributed by atoms with Gasteiger partial charge in [-0.2, -0.15) is 10.2 Å². The summed E-state index contributed by atoms with van der Waals surface area (Å²) in [6.45, 7) is 0. The molecule has 0 fully saturated rings. The molecule has 0 saturated heterocycles. The van der Waals surface area contributed by atoms with Crippen LogP contribution in [0.1, 0.15) is 11.1 Å². The Morgan fingerprint density at radius 1 is 0.727 bits per heavy atom. The fraction of sp³-hybridized carbons (Fsp3) is 0.0714. The summed E-state index contributed by atoms with van der Waals surface area (Å²) in [5.74, 6) is 1.08.